The standard InChI is InChI=1S/C14H19ClO/c1-10-7-8-12(9-13(10)15)14(16)11-5-3-2-4-6-11/h7-9,11,14,16H,2-6H2,1H3. The van der Waals surface area contributed by atoms with Crippen molar-refractivity contribution < 1.29 is 5.11 Å². The van der Waals surface area contributed by atoms with Gasteiger partial charge in [-0.15, -0.1) is 0 Å². The topological polar surface area (TPSA) is 20.2 Å². The van der Waals surface area contributed by atoms with Crippen LogP contribution in [-0.4, -0.2) is 5.11 Å². The Kier molecular flexibility index (Phi) is 3.88. The lowest BCUT2D eigenvalue weighted by atomic mass is 9.82. The molecule has 2 heteroatoms. The highest BCUT2D eigenvalue weighted by Gasteiger charge is 2.23. The van der Waals surface area contributed by atoms with Crippen molar-refractivity contribution in [2.75, 3.05) is 0 Å². The smallest absolute Gasteiger partial charge is 0.0818 e. The summed E-state index contributed by atoms with van der Waals surface area (Å²) in [6.45, 7) is 1.99. The van der Waals surface area contributed by atoms with Crippen LogP contribution in [0.1, 0.15) is 49.3 Å². The summed E-state index contributed by atoms with van der Waals surface area (Å²) in [6.07, 6.45) is 5.78. The maximum Gasteiger partial charge on any atom is 0.0818 e. The van der Waals surface area contributed by atoms with Crippen molar-refractivity contribution in [3.05, 3.63) is 34.3 Å². The zero-order valence-corrected chi connectivity index (χ0v) is 10.5. The molecule has 0 amide bonds. The molecule has 0 aliphatic heterocycles. The minimum atomic E-state index is -0.335. The van der Waals surface area contributed by atoms with Crippen molar-refractivity contribution in [1.29, 1.82) is 0 Å². The molecule has 1 nitrogen and oxygen atoms in total. The van der Waals surface area contributed by atoms with Gasteiger partial charge in [0, 0.05) is 5.02 Å². The van der Waals surface area contributed by atoms with E-state index in [1.165, 1.54) is 19.3 Å². The van der Waals surface area contributed by atoms with Gasteiger partial charge in [0.05, 0.1) is 6.10 Å². The van der Waals surface area contributed by atoms with Gasteiger partial charge in [-0.25, -0.2) is 0 Å². The van der Waals surface area contributed by atoms with Gasteiger partial charge in [-0.1, -0.05) is 43.0 Å². The molecule has 1 atom stereocenters. The molecule has 0 radical (unpaired) electrons. The number of aliphatic hydroxyl groups excluding tert-OH is 1. The van der Waals surface area contributed by atoms with Crippen LogP contribution in [0.3, 0.4) is 0 Å². The molecule has 0 heterocycles. The van der Waals surface area contributed by atoms with E-state index in [2.05, 4.69) is 0 Å². The molecule has 1 N–H and O–H groups in total. The summed E-state index contributed by atoms with van der Waals surface area (Å²) in [6, 6.07) is 5.90. The van der Waals surface area contributed by atoms with Crippen LogP contribution in [0.2, 0.25) is 5.02 Å². The van der Waals surface area contributed by atoms with E-state index in [1.54, 1.807) is 0 Å². The maximum absolute atomic E-state index is 10.3. The van der Waals surface area contributed by atoms with Crippen molar-refractivity contribution >= 4 is 11.6 Å². The van der Waals surface area contributed by atoms with Gasteiger partial charge in [0.15, 0.2) is 0 Å². The maximum atomic E-state index is 10.3. The van der Waals surface area contributed by atoms with Crippen LogP contribution >= 0.6 is 11.6 Å². The van der Waals surface area contributed by atoms with E-state index in [0.717, 1.165) is 29.0 Å². The van der Waals surface area contributed by atoms with E-state index in [0.29, 0.717) is 5.92 Å². The van der Waals surface area contributed by atoms with E-state index in [1.807, 2.05) is 25.1 Å². The predicted molar refractivity (Wildman–Crippen MR) is 67.7 cm³/mol. The van der Waals surface area contributed by atoms with Crippen LogP contribution in [0.5, 0.6) is 0 Å². The fraction of sp³-hybridized carbons (Fsp3) is 0.571. The lowest BCUT2D eigenvalue weighted by molar-refractivity contribution is 0.0848. The van der Waals surface area contributed by atoms with Crippen LogP contribution in [0.4, 0.5) is 0 Å². The monoisotopic (exact) mass is 238 g/mol. The van der Waals surface area contributed by atoms with Gasteiger partial charge < -0.3 is 5.11 Å². The second-order valence-corrected chi connectivity index (χ2v) is 5.26. The first kappa shape index (κ1) is 11.9. The molecule has 16 heavy (non-hydrogen) atoms. The Morgan fingerprint density at radius 1 is 1.25 bits per heavy atom. The number of halogens is 1. The third kappa shape index (κ3) is 2.58. The summed E-state index contributed by atoms with van der Waals surface area (Å²) >= 11 is 6.09. The minimum Gasteiger partial charge on any atom is -0.388 e. The number of benzene rings is 1. The Hall–Kier alpha value is -0.530. The molecule has 88 valence electrons. The van der Waals surface area contributed by atoms with Gasteiger partial charge in [0.2, 0.25) is 0 Å². The number of hydrogen-bond donors (Lipinski definition) is 1. The van der Waals surface area contributed by atoms with Crippen LogP contribution < -0.4 is 0 Å². The molecule has 1 saturated carbocycles. The summed E-state index contributed by atoms with van der Waals surface area (Å²) in [5, 5.41) is 11.1. The average molecular weight is 239 g/mol. The van der Waals surface area contributed by atoms with Crippen LogP contribution in [0.25, 0.3) is 0 Å². The van der Waals surface area contributed by atoms with E-state index in [4.69, 9.17) is 11.6 Å². The fourth-order valence-corrected chi connectivity index (χ4v) is 2.70. The van der Waals surface area contributed by atoms with Gasteiger partial charge in [0.25, 0.3) is 0 Å². The normalized spacial score (nSPS) is 19.7. The number of aliphatic hydroxyl groups is 1. The summed E-state index contributed by atoms with van der Waals surface area (Å²) < 4.78 is 0. The highest BCUT2D eigenvalue weighted by atomic mass is 35.5. The Morgan fingerprint density at radius 2 is 1.94 bits per heavy atom. The molecule has 1 aromatic carbocycles. The van der Waals surface area contributed by atoms with Crippen molar-refractivity contribution in [2.45, 2.75) is 45.1 Å². The van der Waals surface area contributed by atoms with E-state index >= 15 is 0 Å². The molecular weight excluding hydrogens is 220 g/mol. The van der Waals surface area contributed by atoms with Crippen LogP contribution in [0, 0.1) is 12.8 Å². The van der Waals surface area contributed by atoms with Gasteiger partial charge in [-0.3, -0.25) is 0 Å². The molecule has 2 rings (SSSR count). The summed E-state index contributed by atoms with van der Waals surface area (Å²) in [7, 11) is 0. The number of rotatable bonds is 2. The molecule has 0 bridgehead atoms. The first-order chi connectivity index (χ1) is 7.68. The minimum absolute atomic E-state index is 0.335. The average Bonchev–Trinajstić information content (AvgIpc) is 2.33. The van der Waals surface area contributed by atoms with Crippen LogP contribution in [0.15, 0.2) is 18.2 Å². The molecule has 1 aliphatic carbocycles. The first-order valence-electron chi connectivity index (χ1n) is 6.12. The SMILES string of the molecule is Cc1ccc(C(O)C2CCCCC2)cc1Cl. The number of hydrogen-bond acceptors (Lipinski definition) is 1. The predicted octanol–water partition coefficient (Wildman–Crippen LogP) is 4.26. The summed E-state index contributed by atoms with van der Waals surface area (Å²) in [4.78, 5) is 0. The second kappa shape index (κ2) is 5.20. The van der Waals surface area contributed by atoms with Crippen LogP contribution in [-0.2, 0) is 0 Å². The highest BCUT2D eigenvalue weighted by Crippen LogP contribution is 2.35. The second-order valence-electron chi connectivity index (χ2n) is 4.85. The van der Waals surface area contributed by atoms with E-state index in [9.17, 15) is 5.11 Å². The van der Waals surface area contributed by atoms with Gasteiger partial charge in [-0.2, -0.15) is 0 Å². The van der Waals surface area contributed by atoms with E-state index in [-0.39, 0.29) is 6.10 Å². The Morgan fingerprint density at radius 3 is 2.56 bits per heavy atom. The lowest BCUT2D eigenvalue weighted by Gasteiger charge is -2.27. The third-order valence-corrected chi connectivity index (χ3v) is 4.04. The molecule has 0 aromatic heterocycles. The molecule has 0 saturated heterocycles. The highest BCUT2D eigenvalue weighted by molar-refractivity contribution is 6.31. The van der Waals surface area contributed by atoms with E-state index < -0.39 is 0 Å². The number of aryl methyl sites for hydroxylation is 1. The summed E-state index contributed by atoms with van der Waals surface area (Å²) in [5.41, 5.74) is 2.05. The molecule has 1 fully saturated rings. The Labute approximate surface area is 102 Å². The molecule has 1 aromatic rings. The molecule has 1 aliphatic rings. The molecule has 1 unspecified atom stereocenters. The quantitative estimate of drug-likeness (QED) is 0.816. The van der Waals surface area contributed by atoms with Gasteiger partial charge >= 0.3 is 0 Å². The fourth-order valence-electron chi connectivity index (χ4n) is 2.52. The van der Waals surface area contributed by atoms with Gasteiger partial charge in [-0.05, 0) is 42.9 Å². The Balaban J connectivity index is 2.12. The molecular formula is C14H19ClO. The zero-order valence-electron chi connectivity index (χ0n) is 9.75. The lowest BCUT2D eigenvalue weighted by Crippen LogP contribution is -2.15. The molecule has 0 spiro atoms. The zero-order chi connectivity index (χ0) is 11.5. The van der Waals surface area contributed by atoms with Gasteiger partial charge in [0.1, 0.15) is 0 Å². The summed E-state index contributed by atoms with van der Waals surface area (Å²) in [5.74, 6) is 0.424. The first-order valence-corrected chi connectivity index (χ1v) is 6.50. The van der Waals surface area contributed by atoms with Crippen molar-refractivity contribution in [2.24, 2.45) is 5.92 Å². The van der Waals surface area contributed by atoms with Crippen molar-refractivity contribution in [3.63, 3.8) is 0 Å². The third-order valence-electron chi connectivity index (χ3n) is 3.63. The Bertz CT molecular complexity index is 356. The van der Waals surface area contributed by atoms with Crippen molar-refractivity contribution in [3.8, 4) is 0 Å². The largest absolute Gasteiger partial charge is 0.388 e. The van der Waals surface area contributed by atoms with Crippen molar-refractivity contribution in [1.82, 2.24) is 0 Å².